The monoisotopic (exact) mass is 299 g/mol. The average molecular weight is 299 g/mol. The molecule has 0 aliphatic carbocycles. The van der Waals surface area contributed by atoms with Gasteiger partial charge in [0.15, 0.2) is 0 Å². The summed E-state index contributed by atoms with van der Waals surface area (Å²) in [6.07, 6.45) is 0. The van der Waals surface area contributed by atoms with Crippen LogP contribution in [0.5, 0.6) is 5.75 Å². The number of hydrogen-bond acceptors (Lipinski definition) is 3. The number of para-hydroxylation sites is 1. The second-order valence-electron chi connectivity index (χ2n) is 5.06. The molecule has 1 heterocycles. The van der Waals surface area contributed by atoms with Crippen LogP contribution in [-0.2, 0) is 4.79 Å². The first-order valence-electron chi connectivity index (χ1n) is 6.82. The van der Waals surface area contributed by atoms with Gasteiger partial charge in [0.2, 0.25) is 5.91 Å². The number of anilines is 1. The van der Waals surface area contributed by atoms with Gasteiger partial charge in [0.25, 0.3) is 0 Å². The van der Waals surface area contributed by atoms with Gasteiger partial charge in [-0.2, -0.15) is 0 Å². The summed E-state index contributed by atoms with van der Waals surface area (Å²) in [6.45, 7) is 1.69. The number of phenolic OH excluding ortho intramolecular Hbond substituents is 1. The van der Waals surface area contributed by atoms with Crippen molar-refractivity contribution in [1.29, 1.82) is 0 Å². The van der Waals surface area contributed by atoms with E-state index >= 15 is 0 Å². The highest BCUT2D eigenvalue weighted by Gasteiger charge is 2.20. The maximum Gasteiger partial charge on any atom is 0.234 e. The minimum absolute atomic E-state index is 0.0192. The number of carbonyl (C=O) groups is 1. The fraction of sp³-hybridized carbons (Fsp3) is 0.118. The summed E-state index contributed by atoms with van der Waals surface area (Å²) in [5, 5.41) is 12.6. The van der Waals surface area contributed by atoms with Crippen molar-refractivity contribution in [2.45, 2.75) is 12.8 Å². The van der Waals surface area contributed by atoms with Crippen molar-refractivity contribution in [2.24, 2.45) is 0 Å². The number of rotatable bonds is 3. The van der Waals surface area contributed by atoms with Crippen LogP contribution in [0.1, 0.15) is 18.6 Å². The molecule has 2 N–H and O–H groups in total. The molecule has 0 saturated carbocycles. The van der Waals surface area contributed by atoms with Gasteiger partial charge in [0, 0.05) is 11.5 Å². The Morgan fingerprint density at radius 1 is 1.23 bits per heavy atom. The lowest BCUT2D eigenvalue weighted by Gasteiger charge is -2.10. The summed E-state index contributed by atoms with van der Waals surface area (Å²) in [4.78, 5) is 12.2. The van der Waals surface area contributed by atoms with Gasteiger partial charge in [-0.25, -0.2) is 4.39 Å². The predicted octanol–water partition coefficient (Wildman–Crippen LogP) is 4.02. The molecule has 22 heavy (non-hydrogen) atoms. The predicted molar refractivity (Wildman–Crippen MR) is 81.3 cm³/mol. The number of benzene rings is 2. The second-order valence-corrected chi connectivity index (χ2v) is 5.06. The smallest absolute Gasteiger partial charge is 0.234 e. The fourth-order valence-electron chi connectivity index (χ4n) is 2.19. The number of aromatic hydroxyl groups is 1. The van der Waals surface area contributed by atoms with Crippen LogP contribution >= 0.6 is 0 Å². The Balaban J connectivity index is 1.81. The van der Waals surface area contributed by atoms with Gasteiger partial charge in [0.05, 0.1) is 11.6 Å². The van der Waals surface area contributed by atoms with Crippen molar-refractivity contribution in [2.75, 3.05) is 5.32 Å². The van der Waals surface area contributed by atoms with E-state index < -0.39 is 11.7 Å². The van der Waals surface area contributed by atoms with Gasteiger partial charge in [-0.15, -0.1) is 0 Å². The Bertz CT molecular complexity index is 808. The third-order valence-electron chi connectivity index (χ3n) is 3.48. The van der Waals surface area contributed by atoms with Gasteiger partial charge in [-0.1, -0.05) is 18.2 Å². The van der Waals surface area contributed by atoms with Crippen LogP contribution in [0.15, 0.2) is 52.9 Å². The number of halogens is 1. The van der Waals surface area contributed by atoms with Crippen molar-refractivity contribution < 1.29 is 18.7 Å². The molecule has 0 saturated heterocycles. The topological polar surface area (TPSA) is 62.5 Å². The highest BCUT2D eigenvalue weighted by atomic mass is 19.1. The minimum atomic E-state index is -0.690. The summed E-state index contributed by atoms with van der Waals surface area (Å²) in [7, 11) is 0. The lowest BCUT2D eigenvalue weighted by molar-refractivity contribution is -0.117. The van der Waals surface area contributed by atoms with E-state index in [1.54, 1.807) is 13.0 Å². The number of fused-ring (bicyclic) bond motifs is 1. The molecule has 1 amide bonds. The van der Waals surface area contributed by atoms with Crippen LogP contribution in [0, 0.1) is 5.82 Å². The van der Waals surface area contributed by atoms with Crippen LogP contribution < -0.4 is 5.32 Å². The van der Waals surface area contributed by atoms with E-state index in [0.717, 1.165) is 11.5 Å². The van der Waals surface area contributed by atoms with Crippen molar-refractivity contribution in [3.05, 3.63) is 60.1 Å². The Morgan fingerprint density at radius 3 is 2.73 bits per heavy atom. The van der Waals surface area contributed by atoms with Crippen molar-refractivity contribution in [3.63, 3.8) is 0 Å². The SMILES string of the molecule is C[C@@H](C(=O)Nc1ccc(O)cc1F)c1cc2ccccc2o1. The van der Waals surface area contributed by atoms with E-state index in [1.165, 1.54) is 12.1 Å². The second kappa shape index (κ2) is 5.52. The number of phenols is 1. The number of hydrogen-bond donors (Lipinski definition) is 2. The molecular weight excluding hydrogens is 285 g/mol. The summed E-state index contributed by atoms with van der Waals surface area (Å²) >= 11 is 0. The molecule has 5 heteroatoms. The van der Waals surface area contributed by atoms with Crippen LogP contribution in [0.4, 0.5) is 10.1 Å². The van der Waals surface area contributed by atoms with Crippen LogP contribution in [-0.4, -0.2) is 11.0 Å². The first-order valence-corrected chi connectivity index (χ1v) is 6.82. The molecule has 0 fully saturated rings. The molecule has 0 bridgehead atoms. The summed E-state index contributed by atoms with van der Waals surface area (Å²) in [5.41, 5.74) is 0.721. The standard InChI is InChI=1S/C17H14FNO3/c1-10(16-8-11-4-2-3-5-15(11)22-16)17(21)19-14-7-6-12(20)9-13(14)18/h2-10,20H,1H3,(H,19,21)/t10-/m1/s1. The zero-order valence-corrected chi connectivity index (χ0v) is 11.8. The maximum atomic E-state index is 13.6. The van der Waals surface area contributed by atoms with Gasteiger partial charge >= 0.3 is 0 Å². The average Bonchev–Trinajstić information content (AvgIpc) is 2.93. The van der Waals surface area contributed by atoms with Crippen LogP contribution in [0.25, 0.3) is 11.0 Å². The lowest BCUT2D eigenvalue weighted by Crippen LogP contribution is -2.19. The third-order valence-corrected chi connectivity index (χ3v) is 3.48. The van der Waals surface area contributed by atoms with Crippen molar-refractivity contribution in [1.82, 2.24) is 0 Å². The molecule has 1 aromatic heterocycles. The van der Waals surface area contributed by atoms with Gasteiger partial charge in [-0.3, -0.25) is 4.79 Å². The number of nitrogens with one attached hydrogen (secondary N) is 1. The zero-order chi connectivity index (χ0) is 15.7. The first-order chi connectivity index (χ1) is 10.5. The first kappa shape index (κ1) is 14.1. The number of amides is 1. The van der Waals surface area contributed by atoms with E-state index in [2.05, 4.69) is 5.32 Å². The van der Waals surface area contributed by atoms with Crippen molar-refractivity contribution in [3.8, 4) is 5.75 Å². The number of furan rings is 1. The Labute approximate surface area is 126 Å². The van der Waals surface area contributed by atoms with Crippen LogP contribution in [0.2, 0.25) is 0 Å². The van der Waals surface area contributed by atoms with Gasteiger partial charge in [0.1, 0.15) is 22.9 Å². The molecule has 0 aliphatic heterocycles. The third kappa shape index (κ3) is 2.65. The van der Waals surface area contributed by atoms with Gasteiger partial charge < -0.3 is 14.8 Å². The van der Waals surface area contributed by atoms with E-state index in [-0.39, 0.29) is 17.3 Å². The fourth-order valence-corrected chi connectivity index (χ4v) is 2.19. The molecule has 0 spiro atoms. The molecule has 3 rings (SSSR count). The van der Waals surface area contributed by atoms with E-state index in [4.69, 9.17) is 4.42 Å². The highest BCUT2D eigenvalue weighted by molar-refractivity contribution is 5.96. The molecule has 0 aliphatic rings. The molecule has 0 unspecified atom stereocenters. The molecular formula is C17H14FNO3. The van der Waals surface area contributed by atoms with E-state index in [9.17, 15) is 14.3 Å². The summed E-state index contributed by atoms with van der Waals surface area (Å²) in [5.74, 6) is -1.33. The van der Waals surface area contributed by atoms with Gasteiger partial charge in [-0.05, 0) is 31.2 Å². The normalized spacial score (nSPS) is 12.3. The largest absolute Gasteiger partial charge is 0.508 e. The highest BCUT2D eigenvalue weighted by Crippen LogP contribution is 2.27. The maximum absolute atomic E-state index is 13.6. The molecule has 2 aromatic carbocycles. The van der Waals surface area contributed by atoms with E-state index in [0.29, 0.717) is 11.3 Å². The quantitative estimate of drug-likeness (QED) is 0.718. The molecule has 112 valence electrons. The van der Waals surface area contributed by atoms with Crippen LogP contribution in [0.3, 0.4) is 0 Å². The zero-order valence-electron chi connectivity index (χ0n) is 11.8. The summed E-state index contributed by atoms with van der Waals surface area (Å²) in [6, 6.07) is 12.8. The Morgan fingerprint density at radius 2 is 2.00 bits per heavy atom. The molecule has 3 aromatic rings. The summed E-state index contributed by atoms with van der Waals surface area (Å²) < 4.78 is 19.3. The molecule has 0 radical (unpaired) electrons. The number of carbonyl (C=O) groups excluding carboxylic acids is 1. The Kier molecular flexibility index (Phi) is 3.55. The molecule has 4 nitrogen and oxygen atoms in total. The van der Waals surface area contributed by atoms with Crippen molar-refractivity contribution >= 4 is 22.6 Å². The minimum Gasteiger partial charge on any atom is -0.508 e. The molecule has 1 atom stereocenters. The van der Waals surface area contributed by atoms with E-state index in [1.807, 2.05) is 24.3 Å². The lowest BCUT2D eigenvalue weighted by atomic mass is 10.1. The Hall–Kier alpha value is -2.82.